The molecule has 0 amide bonds. The minimum Gasteiger partial charge on any atom is -0.0949 e. The summed E-state index contributed by atoms with van der Waals surface area (Å²) < 4.78 is -1.13. The van der Waals surface area contributed by atoms with Gasteiger partial charge in [-0.2, -0.15) is 0 Å². The van der Waals surface area contributed by atoms with Gasteiger partial charge >= 0.3 is 0 Å². The second-order valence-electron chi connectivity index (χ2n) is 3.58. The first-order valence-corrected chi connectivity index (χ1v) is 6.21. The molecule has 0 heterocycles. The van der Waals surface area contributed by atoms with Gasteiger partial charge in [0.25, 0.3) is 0 Å². The molecule has 0 spiro atoms. The minimum atomic E-state index is -1.13. The number of rotatable bonds is 1. The highest BCUT2D eigenvalue weighted by Crippen LogP contribution is 2.47. The predicted octanol–water partition coefficient (Wildman–Crippen LogP) is 5.34. The molecule has 0 radical (unpaired) electrons. The van der Waals surface area contributed by atoms with Gasteiger partial charge in [-0.05, 0) is 17.2 Å². The molecule has 0 fully saturated rings. The van der Waals surface area contributed by atoms with E-state index in [1.165, 1.54) is 0 Å². The number of alkyl halides is 2. The zero-order valence-electron chi connectivity index (χ0n) is 8.18. The van der Waals surface area contributed by atoms with Gasteiger partial charge in [0.1, 0.15) is 0 Å². The normalized spacial score (nSPS) is 19.6. The Kier molecular flexibility index (Phi) is 3.56. The summed E-state index contributed by atoms with van der Waals surface area (Å²) in [6.07, 6.45) is 2.26. The average Bonchev–Trinajstić information content (AvgIpc) is 2.26. The maximum atomic E-state index is 6.11. The van der Waals surface area contributed by atoms with Crippen LogP contribution in [0.25, 0.3) is 5.57 Å². The van der Waals surface area contributed by atoms with E-state index in [0.717, 1.165) is 11.1 Å². The Labute approximate surface area is 114 Å². The van der Waals surface area contributed by atoms with Crippen molar-refractivity contribution in [2.75, 3.05) is 0 Å². The lowest BCUT2D eigenvalue weighted by Crippen LogP contribution is -2.17. The fourth-order valence-electron chi connectivity index (χ4n) is 1.60. The zero-order chi connectivity index (χ0) is 11.8. The fourth-order valence-corrected chi connectivity index (χ4v) is 2.60. The molecule has 84 valence electrons. The van der Waals surface area contributed by atoms with Crippen LogP contribution in [-0.2, 0) is 0 Å². The van der Waals surface area contributed by atoms with Crippen molar-refractivity contribution >= 4 is 52.0 Å². The van der Waals surface area contributed by atoms with Gasteiger partial charge in [0, 0.05) is 6.42 Å². The lowest BCUT2D eigenvalue weighted by atomic mass is 9.97. The number of benzene rings is 1. The molecule has 0 unspecified atom stereocenters. The first kappa shape index (κ1) is 12.3. The molecule has 0 saturated carbocycles. The minimum absolute atomic E-state index is 0.289. The summed E-state index contributed by atoms with van der Waals surface area (Å²) in [7, 11) is 0. The number of hydrogen-bond acceptors (Lipinski definition) is 0. The van der Waals surface area contributed by atoms with Crippen LogP contribution in [0.5, 0.6) is 0 Å². The monoisotopic (exact) mass is 292 g/mol. The second-order valence-corrected chi connectivity index (χ2v) is 5.85. The molecule has 0 aromatic heterocycles. The molecule has 2 rings (SSSR count). The van der Waals surface area contributed by atoms with E-state index in [0.29, 0.717) is 11.5 Å². The third-order valence-electron chi connectivity index (χ3n) is 2.39. The van der Waals surface area contributed by atoms with Crippen molar-refractivity contribution in [3.63, 3.8) is 0 Å². The van der Waals surface area contributed by atoms with Gasteiger partial charge in [0.15, 0.2) is 4.33 Å². The molecule has 0 N–H and O–H groups in total. The first-order chi connectivity index (χ1) is 7.50. The standard InChI is InChI=1S/C12H8Cl4/c13-10-6-9(7-12(15,16)11(10)14)8-4-2-1-3-5-8/h1-6H,7H2. The Hall–Kier alpha value is -0.140. The Morgan fingerprint density at radius 2 is 1.62 bits per heavy atom. The highest BCUT2D eigenvalue weighted by atomic mass is 35.5. The third-order valence-corrected chi connectivity index (χ3v) is 4.15. The van der Waals surface area contributed by atoms with E-state index in [4.69, 9.17) is 46.4 Å². The number of hydrogen-bond donors (Lipinski definition) is 0. The SMILES string of the molecule is ClC1=C(Cl)C(Cl)(Cl)CC(c2ccccc2)=C1. The van der Waals surface area contributed by atoms with Crippen LogP contribution in [0.1, 0.15) is 12.0 Å². The van der Waals surface area contributed by atoms with E-state index >= 15 is 0 Å². The second kappa shape index (κ2) is 4.62. The molecule has 0 bridgehead atoms. The summed E-state index contributed by atoms with van der Waals surface area (Å²) in [6.45, 7) is 0. The molecule has 1 aromatic rings. The summed E-state index contributed by atoms with van der Waals surface area (Å²) in [5.74, 6) is 0. The van der Waals surface area contributed by atoms with Crippen LogP contribution in [0, 0.1) is 0 Å². The largest absolute Gasteiger partial charge is 0.159 e. The summed E-state index contributed by atoms with van der Waals surface area (Å²) in [5.41, 5.74) is 2.04. The van der Waals surface area contributed by atoms with Crippen molar-refractivity contribution < 1.29 is 0 Å². The van der Waals surface area contributed by atoms with Crippen LogP contribution < -0.4 is 0 Å². The molecule has 0 saturated heterocycles. The lowest BCUT2D eigenvalue weighted by Gasteiger charge is -2.25. The van der Waals surface area contributed by atoms with Gasteiger partial charge in [-0.15, -0.1) is 0 Å². The fraction of sp³-hybridized carbons (Fsp3) is 0.167. The van der Waals surface area contributed by atoms with E-state index in [-0.39, 0.29) is 5.03 Å². The molecule has 1 aliphatic carbocycles. The number of halogens is 4. The molecule has 0 atom stereocenters. The van der Waals surface area contributed by atoms with Crippen LogP contribution in [-0.4, -0.2) is 4.33 Å². The zero-order valence-corrected chi connectivity index (χ0v) is 11.2. The lowest BCUT2D eigenvalue weighted by molar-refractivity contribution is 0.955. The molecular weight excluding hydrogens is 286 g/mol. The van der Waals surface area contributed by atoms with Crippen molar-refractivity contribution in [1.29, 1.82) is 0 Å². The molecule has 1 aromatic carbocycles. The molecular formula is C12H8Cl4. The summed E-state index contributed by atoms with van der Waals surface area (Å²) >= 11 is 24.2. The van der Waals surface area contributed by atoms with E-state index in [1.807, 2.05) is 36.4 Å². The van der Waals surface area contributed by atoms with Crippen LogP contribution in [0.4, 0.5) is 0 Å². The van der Waals surface area contributed by atoms with Gasteiger partial charge in [-0.3, -0.25) is 0 Å². The van der Waals surface area contributed by atoms with E-state index in [9.17, 15) is 0 Å². The highest BCUT2D eigenvalue weighted by Gasteiger charge is 2.34. The first-order valence-electron chi connectivity index (χ1n) is 4.70. The smallest absolute Gasteiger partial charge is 0.0949 e. The maximum absolute atomic E-state index is 6.11. The van der Waals surface area contributed by atoms with Crippen LogP contribution >= 0.6 is 46.4 Å². The maximum Gasteiger partial charge on any atom is 0.159 e. The summed E-state index contributed by atoms with van der Waals surface area (Å²) in [5, 5.41) is 0.689. The third kappa shape index (κ3) is 2.41. The van der Waals surface area contributed by atoms with Crippen molar-refractivity contribution in [3.05, 3.63) is 52.0 Å². The van der Waals surface area contributed by atoms with Crippen LogP contribution in [0.15, 0.2) is 46.5 Å². The van der Waals surface area contributed by atoms with E-state index in [1.54, 1.807) is 0 Å². The Bertz CT molecular complexity index is 457. The Balaban J connectivity index is 2.44. The van der Waals surface area contributed by atoms with Crippen molar-refractivity contribution in [3.8, 4) is 0 Å². The van der Waals surface area contributed by atoms with Gasteiger partial charge in [0.2, 0.25) is 0 Å². The van der Waals surface area contributed by atoms with Gasteiger partial charge < -0.3 is 0 Å². The van der Waals surface area contributed by atoms with E-state index in [2.05, 4.69) is 0 Å². The number of allylic oxidation sites excluding steroid dienone is 4. The summed E-state index contributed by atoms with van der Waals surface area (Å²) in [6, 6.07) is 9.83. The van der Waals surface area contributed by atoms with Gasteiger partial charge in [-0.1, -0.05) is 76.7 Å². The van der Waals surface area contributed by atoms with Crippen molar-refractivity contribution in [1.82, 2.24) is 0 Å². The van der Waals surface area contributed by atoms with Gasteiger partial charge in [0.05, 0.1) is 10.1 Å². The van der Waals surface area contributed by atoms with E-state index < -0.39 is 4.33 Å². The molecule has 0 aliphatic heterocycles. The molecule has 0 nitrogen and oxygen atoms in total. The highest BCUT2D eigenvalue weighted by molar-refractivity contribution is 6.58. The van der Waals surface area contributed by atoms with Crippen LogP contribution in [0.3, 0.4) is 0 Å². The van der Waals surface area contributed by atoms with Crippen LogP contribution in [0.2, 0.25) is 0 Å². The molecule has 1 aliphatic rings. The quantitative estimate of drug-likeness (QED) is 0.613. The molecule has 4 heteroatoms. The van der Waals surface area contributed by atoms with Crippen molar-refractivity contribution in [2.24, 2.45) is 0 Å². The summed E-state index contributed by atoms with van der Waals surface area (Å²) in [4.78, 5) is 0. The predicted molar refractivity (Wildman–Crippen MR) is 72.2 cm³/mol. The van der Waals surface area contributed by atoms with Gasteiger partial charge in [-0.25, -0.2) is 0 Å². The van der Waals surface area contributed by atoms with Crippen molar-refractivity contribution in [2.45, 2.75) is 10.8 Å². The topological polar surface area (TPSA) is 0 Å². The Morgan fingerprint density at radius 3 is 2.19 bits per heavy atom. The average molecular weight is 294 g/mol. The molecule has 16 heavy (non-hydrogen) atoms. The Morgan fingerprint density at radius 1 is 1.00 bits per heavy atom.